The molecule has 1 aliphatic carbocycles. The molecule has 1 unspecified atom stereocenters. The molecule has 1 aromatic carbocycles. The number of carbonyl (C=O) groups is 1. The van der Waals surface area contributed by atoms with Crippen molar-refractivity contribution in [3.05, 3.63) is 35.9 Å². The molecule has 1 atom stereocenters. The highest BCUT2D eigenvalue weighted by Crippen LogP contribution is 2.39. The summed E-state index contributed by atoms with van der Waals surface area (Å²) in [6.07, 6.45) is 2.04. The molecule has 0 aromatic heterocycles. The number of aliphatic imine (C=N–C) groups is 1. The number of nitrogens with zero attached hydrogens (tertiary/aromatic N) is 4. The highest BCUT2D eigenvalue weighted by Gasteiger charge is 2.52. The zero-order valence-corrected chi connectivity index (χ0v) is 20.8. The number of amides is 1. The molecule has 9 nitrogen and oxygen atoms in total. The number of hydrogen-bond acceptors (Lipinski definition) is 7. The fourth-order valence-corrected chi connectivity index (χ4v) is 6.01. The molecule has 2 aliphatic heterocycles. The zero-order valence-electron chi connectivity index (χ0n) is 20.0. The van der Waals surface area contributed by atoms with E-state index in [1.54, 1.807) is 20.8 Å². The van der Waals surface area contributed by atoms with Crippen LogP contribution in [0.1, 0.15) is 57.9 Å². The molecule has 0 bridgehead atoms. The molecular formula is C24H33N5O4S. The first-order valence-corrected chi connectivity index (χ1v) is 13.2. The van der Waals surface area contributed by atoms with Crippen LogP contribution in [0.3, 0.4) is 0 Å². The third-order valence-electron chi connectivity index (χ3n) is 6.64. The largest absolute Gasteiger partial charge is 0.443 e. The molecule has 1 saturated carbocycles. The van der Waals surface area contributed by atoms with Gasteiger partial charge in [-0.3, -0.25) is 9.89 Å². The predicted molar refractivity (Wildman–Crippen MR) is 129 cm³/mol. The van der Waals surface area contributed by atoms with Crippen LogP contribution in [0.5, 0.6) is 0 Å². The summed E-state index contributed by atoms with van der Waals surface area (Å²) < 4.78 is 33.4. The SMILES string of the molecule is CC(C)(C)OC(=O)NS(=O)(=O)N1CC(CC#N)(N2CCC(N=C3CC3c3ccccc3)CC2)C1. The van der Waals surface area contributed by atoms with E-state index in [-0.39, 0.29) is 25.6 Å². The van der Waals surface area contributed by atoms with Gasteiger partial charge in [-0.25, -0.2) is 9.52 Å². The van der Waals surface area contributed by atoms with Crippen molar-refractivity contribution in [2.24, 2.45) is 4.99 Å². The standard InChI is InChI=1S/C24H33N5O4S/c1-23(2,3)33-22(30)27-34(31,32)29-16-24(17-29,11-12-25)28-13-9-19(10-14-28)26-21-15-20(21)18-7-5-4-6-8-18/h4-8,19-20H,9-11,13-17H2,1-3H3,(H,27,30). The van der Waals surface area contributed by atoms with Crippen molar-refractivity contribution in [3.63, 3.8) is 0 Å². The number of ether oxygens (including phenoxy) is 1. The first kappa shape index (κ1) is 24.6. The van der Waals surface area contributed by atoms with Gasteiger partial charge in [0.2, 0.25) is 0 Å². The summed E-state index contributed by atoms with van der Waals surface area (Å²) in [5, 5.41) is 9.42. The number of hydrogen-bond donors (Lipinski definition) is 1. The molecule has 2 saturated heterocycles. The monoisotopic (exact) mass is 487 g/mol. The summed E-state index contributed by atoms with van der Waals surface area (Å²) in [7, 11) is -4.02. The van der Waals surface area contributed by atoms with E-state index in [0.717, 1.165) is 32.4 Å². The summed E-state index contributed by atoms with van der Waals surface area (Å²) >= 11 is 0. The molecule has 184 valence electrons. The predicted octanol–water partition coefficient (Wildman–Crippen LogP) is 2.82. The van der Waals surface area contributed by atoms with Gasteiger partial charge in [0.25, 0.3) is 0 Å². The Morgan fingerprint density at radius 3 is 2.47 bits per heavy atom. The second kappa shape index (κ2) is 9.29. The van der Waals surface area contributed by atoms with E-state index < -0.39 is 27.4 Å². The van der Waals surface area contributed by atoms with Gasteiger partial charge < -0.3 is 4.74 Å². The third kappa shape index (κ3) is 5.59. The van der Waals surface area contributed by atoms with Crippen LogP contribution in [0.15, 0.2) is 35.3 Å². The Kier molecular flexibility index (Phi) is 6.73. The van der Waals surface area contributed by atoms with Crippen LogP contribution < -0.4 is 4.72 Å². The molecule has 1 N–H and O–H groups in total. The Labute approximate surface area is 202 Å². The van der Waals surface area contributed by atoms with Gasteiger partial charge >= 0.3 is 16.3 Å². The van der Waals surface area contributed by atoms with Crippen LogP contribution in [-0.4, -0.2) is 72.8 Å². The maximum Gasteiger partial charge on any atom is 0.422 e. The minimum Gasteiger partial charge on any atom is -0.443 e. The molecule has 10 heteroatoms. The number of nitrogens with one attached hydrogen (secondary N) is 1. The van der Waals surface area contributed by atoms with Crippen LogP contribution >= 0.6 is 0 Å². The topological polar surface area (TPSA) is 115 Å². The normalized spacial score (nSPS) is 24.8. The van der Waals surface area contributed by atoms with Gasteiger partial charge in [0, 0.05) is 37.8 Å². The van der Waals surface area contributed by atoms with Gasteiger partial charge in [-0.15, -0.1) is 0 Å². The number of nitriles is 1. The second-order valence-corrected chi connectivity index (χ2v) is 12.1. The van der Waals surface area contributed by atoms with Crippen molar-refractivity contribution in [3.8, 4) is 6.07 Å². The third-order valence-corrected chi connectivity index (χ3v) is 8.00. The highest BCUT2D eigenvalue weighted by atomic mass is 32.2. The van der Waals surface area contributed by atoms with Crippen molar-refractivity contribution in [2.75, 3.05) is 26.2 Å². The lowest BCUT2D eigenvalue weighted by atomic mass is 9.84. The molecule has 2 heterocycles. The highest BCUT2D eigenvalue weighted by molar-refractivity contribution is 7.87. The minimum absolute atomic E-state index is 0.175. The summed E-state index contributed by atoms with van der Waals surface area (Å²) in [6.45, 7) is 6.89. The van der Waals surface area contributed by atoms with E-state index in [2.05, 4.69) is 35.2 Å². The number of piperidine rings is 1. The fourth-order valence-electron chi connectivity index (χ4n) is 4.81. The number of rotatable bonds is 6. The van der Waals surface area contributed by atoms with Gasteiger partial charge in [0.1, 0.15) is 5.60 Å². The van der Waals surface area contributed by atoms with Crippen LogP contribution in [0.2, 0.25) is 0 Å². The van der Waals surface area contributed by atoms with Crippen LogP contribution in [0.4, 0.5) is 4.79 Å². The molecule has 3 fully saturated rings. The van der Waals surface area contributed by atoms with E-state index in [0.29, 0.717) is 5.92 Å². The number of carbonyl (C=O) groups excluding carboxylic acids is 1. The van der Waals surface area contributed by atoms with Crippen molar-refractivity contribution in [1.82, 2.24) is 13.9 Å². The minimum atomic E-state index is -4.02. The van der Waals surface area contributed by atoms with Crippen LogP contribution in [0, 0.1) is 11.3 Å². The van der Waals surface area contributed by atoms with Crippen molar-refractivity contribution >= 4 is 22.0 Å². The van der Waals surface area contributed by atoms with Gasteiger partial charge in [-0.2, -0.15) is 18.0 Å². The molecule has 1 amide bonds. The maximum absolute atomic E-state index is 12.6. The quantitative estimate of drug-likeness (QED) is 0.660. The Hall–Kier alpha value is -2.48. The molecule has 1 aromatic rings. The second-order valence-electron chi connectivity index (χ2n) is 10.4. The molecular weight excluding hydrogens is 454 g/mol. The van der Waals surface area contributed by atoms with E-state index in [4.69, 9.17) is 9.73 Å². The van der Waals surface area contributed by atoms with Gasteiger partial charge in [0.05, 0.1) is 24.1 Å². The van der Waals surface area contributed by atoms with Crippen molar-refractivity contribution in [1.29, 1.82) is 5.26 Å². The Morgan fingerprint density at radius 1 is 1.24 bits per heavy atom. The van der Waals surface area contributed by atoms with Crippen molar-refractivity contribution in [2.45, 2.75) is 69.6 Å². The molecule has 4 rings (SSSR count). The number of benzene rings is 1. The van der Waals surface area contributed by atoms with Gasteiger partial charge in [0.15, 0.2) is 0 Å². The molecule has 0 spiro atoms. The summed E-state index contributed by atoms with van der Waals surface area (Å²) in [5.74, 6) is 0.451. The van der Waals surface area contributed by atoms with Gasteiger partial charge in [-0.05, 0) is 45.6 Å². The molecule has 0 radical (unpaired) electrons. The Bertz CT molecular complexity index is 1080. The first-order valence-electron chi connectivity index (χ1n) is 11.8. The van der Waals surface area contributed by atoms with E-state index in [9.17, 15) is 18.5 Å². The lowest BCUT2D eigenvalue weighted by Crippen LogP contribution is -2.73. The van der Waals surface area contributed by atoms with E-state index in [1.165, 1.54) is 15.6 Å². The van der Waals surface area contributed by atoms with E-state index >= 15 is 0 Å². The lowest BCUT2D eigenvalue weighted by Gasteiger charge is -2.55. The zero-order chi connectivity index (χ0) is 24.6. The molecule has 3 aliphatic rings. The van der Waals surface area contributed by atoms with E-state index in [1.807, 2.05) is 10.8 Å². The summed E-state index contributed by atoms with van der Waals surface area (Å²) in [6, 6.07) is 12.9. The smallest absolute Gasteiger partial charge is 0.422 e. The Balaban J connectivity index is 1.31. The van der Waals surface area contributed by atoms with Crippen molar-refractivity contribution < 1.29 is 17.9 Å². The van der Waals surface area contributed by atoms with Crippen LogP contribution in [-0.2, 0) is 14.9 Å². The molecule has 34 heavy (non-hydrogen) atoms. The lowest BCUT2D eigenvalue weighted by molar-refractivity contribution is -0.0240. The summed E-state index contributed by atoms with van der Waals surface area (Å²) in [4.78, 5) is 19.2. The fraction of sp³-hybridized carbons (Fsp3) is 0.625. The first-order chi connectivity index (χ1) is 16.0. The summed E-state index contributed by atoms with van der Waals surface area (Å²) in [5.41, 5.74) is 1.27. The van der Waals surface area contributed by atoms with Crippen LogP contribution in [0.25, 0.3) is 0 Å². The maximum atomic E-state index is 12.6. The average Bonchev–Trinajstić information content (AvgIpc) is 3.49. The Morgan fingerprint density at radius 2 is 1.88 bits per heavy atom. The average molecular weight is 488 g/mol. The number of likely N-dealkylation sites (tertiary alicyclic amines) is 1. The van der Waals surface area contributed by atoms with Gasteiger partial charge in [-0.1, -0.05) is 30.3 Å².